The van der Waals surface area contributed by atoms with Crippen molar-refractivity contribution in [3.8, 4) is 11.6 Å². The highest BCUT2D eigenvalue weighted by Gasteiger charge is 2.04. The summed E-state index contributed by atoms with van der Waals surface area (Å²) in [4.78, 5) is 8.57. The summed E-state index contributed by atoms with van der Waals surface area (Å²) in [5.41, 5.74) is 1.08. The number of para-hydroxylation sites is 1. The van der Waals surface area contributed by atoms with Crippen LogP contribution in [0, 0.1) is 0 Å². The molecule has 1 aromatic carbocycles. The van der Waals surface area contributed by atoms with Gasteiger partial charge in [-0.25, -0.2) is 4.98 Å². The van der Waals surface area contributed by atoms with Crippen molar-refractivity contribution in [2.45, 2.75) is 6.54 Å². The van der Waals surface area contributed by atoms with E-state index in [1.165, 1.54) is 0 Å². The van der Waals surface area contributed by atoms with Gasteiger partial charge in [0.05, 0.1) is 6.54 Å². The van der Waals surface area contributed by atoms with E-state index in [9.17, 15) is 0 Å². The molecule has 1 aliphatic rings. The topological polar surface area (TPSA) is 67.8 Å². The SMILES string of the molecule is I.c1ccc(OCCOc2ccc(CNC3=NCCN3)cn2)cc1. The zero-order valence-electron chi connectivity index (χ0n) is 13.3. The lowest BCUT2D eigenvalue weighted by molar-refractivity contribution is 0.212. The summed E-state index contributed by atoms with van der Waals surface area (Å²) in [7, 11) is 0. The van der Waals surface area contributed by atoms with Crippen LogP contribution in [0.2, 0.25) is 0 Å². The molecule has 7 heteroatoms. The number of rotatable bonds is 7. The molecule has 2 heterocycles. The Morgan fingerprint density at radius 3 is 2.58 bits per heavy atom. The highest BCUT2D eigenvalue weighted by molar-refractivity contribution is 14.0. The largest absolute Gasteiger partial charge is 0.490 e. The number of nitrogens with one attached hydrogen (secondary N) is 2. The molecule has 2 aromatic rings. The van der Waals surface area contributed by atoms with Gasteiger partial charge in [-0.3, -0.25) is 4.99 Å². The van der Waals surface area contributed by atoms with E-state index in [0.29, 0.717) is 25.6 Å². The Balaban J connectivity index is 0.00000208. The van der Waals surface area contributed by atoms with E-state index in [2.05, 4.69) is 20.6 Å². The first kappa shape index (κ1) is 18.3. The van der Waals surface area contributed by atoms with E-state index in [-0.39, 0.29) is 24.0 Å². The molecule has 0 spiro atoms. The summed E-state index contributed by atoms with van der Waals surface area (Å²) < 4.78 is 11.1. The lowest BCUT2D eigenvalue weighted by atomic mass is 10.3. The summed E-state index contributed by atoms with van der Waals surface area (Å²) in [5.74, 6) is 2.29. The van der Waals surface area contributed by atoms with Gasteiger partial charge in [0.2, 0.25) is 5.88 Å². The number of aliphatic imine (C=N–C) groups is 1. The summed E-state index contributed by atoms with van der Waals surface area (Å²) in [5, 5.41) is 6.39. The summed E-state index contributed by atoms with van der Waals surface area (Å²) in [6.07, 6.45) is 1.80. The Hall–Kier alpha value is -2.03. The van der Waals surface area contributed by atoms with Crippen LogP contribution in [0.3, 0.4) is 0 Å². The fourth-order valence-corrected chi connectivity index (χ4v) is 2.13. The predicted octanol–water partition coefficient (Wildman–Crippen LogP) is 2.21. The number of halogens is 1. The molecule has 24 heavy (non-hydrogen) atoms. The van der Waals surface area contributed by atoms with E-state index in [1.54, 1.807) is 6.20 Å². The zero-order valence-corrected chi connectivity index (χ0v) is 15.6. The number of hydrogen-bond acceptors (Lipinski definition) is 6. The van der Waals surface area contributed by atoms with Gasteiger partial charge in [0, 0.05) is 25.4 Å². The molecule has 0 radical (unpaired) electrons. The van der Waals surface area contributed by atoms with Crippen LogP contribution >= 0.6 is 24.0 Å². The van der Waals surface area contributed by atoms with Crippen LogP contribution in [0.4, 0.5) is 0 Å². The molecule has 0 atom stereocenters. The predicted molar refractivity (Wildman–Crippen MR) is 104 cm³/mol. The first-order chi connectivity index (χ1) is 11.4. The Kier molecular flexibility index (Phi) is 7.60. The molecule has 3 rings (SSSR count). The Morgan fingerprint density at radius 1 is 1.04 bits per heavy atom. The van der Waals surface area contributed by atoms with Gasteiger partial charge in [-0.1, -0.05) is 24.3 Å². The molecule has 1 aromatic heterocycles. The van der Waals surface area contributed by atoms with E-state index < -0.39 is 0 Å². The lowest BCUT2D eigenvalue weighted by Crippen LogP contribution is -2.33. The average Bonchev–Trinajstić information content (AvgIpc) is 3.12. The van der Waals surface area contributed by atoms with Crippen molar-refractivity contribution in [1.29, 1.82) is 0 Å². The summed E-state index contributed by atoms with van der Waals surface area (Å²) >= 11 is 0. The molecule has 0 fully saturated rings. The minimum Gasteiger partial charge on any atom is -0.490 e. The molecule has 2 N–H and O–H groups in total. The number of nitrogens with zero attached hydrogens (tertiary/aromatic N) is 2. The van der Waals surface area contributed by atoms with Crippen LogP contribution in [0.1, 0.15) is 5.56 Å². The van der Waals surface area contributed by atoms with Crippen LogP contribution in [-0.4, -0.2) is 37.2 Å². The fourth-order valence-electron chi connectivity index (χ4n) is 2.13. The van der Waals surface area contributed by atoms with Crippen LogP contribution in [0.15, 0.2) is 53.7 Å². The van der Waals surface area contributed by atoms with Crippen molar-refractivity contribution in [1.82, 2.24) is 15.6 Å². The fraction of sp³-hybridized carbons (Fsp3) is 0.294. The smallest absolute Gasteiger partial charge is 0.213 e. The maximum absolute atomic E-state index is 5.57. The van der Waals surface area contributed by atoms with Gasteiger partial charge in [-0.15, -0.1) is 24.0 Å². The minimum absolute atomic E-state index is 0. The number of ether oxygens (including phenoxy) is 2. The van der Waals surface area contributed by atoms with Gasteiger partial charge in [0.15, 0.2) is 5.96 Å². The highest BCUT2D eigenvalue weighted by Crippen LogP contribution is 2.09. The maximum Gasteiger partial charge on any atom is 0.213 e. The van der Waals surface area contributed by atoms with E-state index >= 15 is 0 Å². The first-order valence-corrected chi connectivity index (χ1v) is 7.68. The Morgan fingerprint density at radius 2 is 1.88 bits per heavy atom. The molecule has 0 aliphatic carbocycles. The standard InChI is InChI=1S/C17H20N4O2.HI/c1-2-4-15(5-3-1)22-10-11-23-16-7-6-14(12-20-16)13-21-17-18-8-9-19-17;/h1-7,12H,8-11,13H2,(H2,18,19,21);1H. The van der Waals surface area contributed by atoms with Crippen LogP contribution in [0.25, 0.3) is 0 Å². The number of benzene rings is 1. The Labute approximate surface area is 158 Å². The van der Waals surface area contributed by atoms with Crippen molar-refractivity contribution < 1.29 is 9.47 Å². The van der Waals surface area contributed by atoms with Crippen molar-refractivity contribution in [2.24, 2.45) is 4.99 Å². The number of aromatic nitrogens is 1. The normalized spacial score (nSPS) is 12.6. The van der Waals surface area contributed by atoms with Gasteiger partial charge in [-0.05, 0) is 17.7 Å². The average molecular weight is 440 g/mol. The van der Waals surface area contributed by atoms with Crippen molar-refractivity contribution >= 4 is 29.9 Å². The molecular weight excluding hydrogens is 419 g/mol. The third-order valence-corrected chi connectivity index (χ3v) is 3.28. The second kappa shape index (κ2) is 9.96. The van der Waals surface area contributed by atoms with Gasteiger partial charge < -0.3 is 20.1 Å². The quantitative estimate of drug-likeness (QED) is 0.511. The molecule has 0 saturated heterocycles. The van der Waals surface area contributed by atoms with Crippen LogP contribution < -0.4 is 20.1 Å². The van der Waals surface area contributed by atoms with Crippen molar-refractivity contribution in [3.05, 3.63) is 54.2 Å². The maximum atomic E-state index is 5.57. The lowest BCUT2D eigenvalue weighted by Gasteiger charge is -2.09. The third kappa shape index (κ3) is 5.88. The number of guanidine groups is 1. The summed E-state index contributed by atoms with van der Waals surface area (Å²) in [6, 6.07) is 13.5. The van der Waals surface area contributed by atoms with Crippen LogP contribution in [0.5, 0.6) is 11.6 Å². The second-order valence-electron chi connectivity index (χ2n) is 5.03. The third-order valence-electron chi connectivity index (χ3n) is 3.28. The number of hydrogen-bond donors (Lipinski definition) is 2. The van der Waals surface area contributed by atoms with Gasteiger partial charge in [0.25, 0.3) is 0 Å². The zero-order chi connectivity index (χ0) is 15.7. The molecule has 128 valence electrons. The Bertz CT molecular complexity index is 635. The molecule has 0 unspecified atom stereocenters. The van der Waals surface area contributed by atoms with Gasteiger partial charge in [0.1, 0.15) is 19.0 Å². The molecule has 0 bridgehead atoms. The first-order valence-electron chi connectivity index (χ1n) is 7.68. The molecule has 0 amide bonds. The molecule has 6 nitrogen and oxygen atoms in total. The van der Waals surface area contributed by atoms with E-state index in [4.69, 9.17) is 9.47 Å². The monoisotopic (exact) mass is 440 g/mol. The van der Waals surface area contributed by atoms with Crippen molar-refractivity contribution in [2.75, 3.05) is 26.3 Å². The highest BCUT2D eigenvalue weighted by atomic mass is 127. The van der Waals surface area contributed by atoms with Crippen molar-refractivity contribution in [3.63, 3.8) is 0 Å². The molecule has 0 saturated carbocycles. The minimum atomic E-state index is 0. The van der Waals surface area contributed by atoms with Gasteiger partial charge >= 0.3 is 0 Å². The molecule has 1 aliphatic heterocycles. The summed E-state index contributed by atoms with van der Waals surface area (Å²) in [6.45, 7) is 3.37. The number of pyridine rings is 1. The van der Waals surface area contributed by atoms with Crippen LogP contribution in [-0.2, 0) is 6.54 Å². The molecular formula is C17H21IN4O2. The van der Waals surface area contributed by atoms with E-state index in [1.807, 2.05) is 42.5 Å². The second-order valence-corrected chi connectivity index (χ2v) is 5.03. The van der Waals surface area contributed by atoms with E-state index in [0.717, 1.165) is 30.4 Å². The van der Waals surface area contributed by atoms with Gasteiger partial charge in [-0.2, -0.15) is 0 Å².